The molecule has 0 aliphatic carbocycles. The third kappa shape index (κ3) is 22.8. The Balaban J connectivity index is 0.000000132. The summed E-state index contributed by atoms with van der Waals surface area (Å²) in [5.41, 5.74) is 11.1. The van der Waals surface area contributed by atoms with Crippen molar-refractivity contribution < 1.29 is 134 Å². The van der Waals surface area contributed by atoms with E-state index in [1.807, 2.05) is 99.6 Å². The van der Waals surface area contributed by atoms with E-state index in [0.717, 1.165) is 131 Å². The van der Waals surface area contributed by atoms with E-state index in [2.05, 4.69) is 0 Å². The van der Waals surface area contributed by atoms with Gasteiger partial charge in [0.1, 0.15) is 111 Å². The first-order valence-electron chi connectivity index (χ1n) is 46.1. The van der Waals surface area contributed by atoms with Crippen molar-refractivity contribution in [1.29, 1.82) is 0 Å². The summed E-state index contributed by atoms with van der Waals surface area (Å²) >= 11 is 28.6. The Labute approximate surface area is 870 Å². The minimum atomic E-state index is -4.31. The Morgan fingerprint density at radius 2 is 0.514 bits per heavy atom. The lowest BCUT2D eigenvalue weighted by Crippen LogP contribution is -2.50. The number of hydrogen-bond donors (Lipinski definition) is 0. The molecule has 0 spiro atoms. The summed E-state index contributed by atoms with van der Waals surface area (Å²) in [7, 11) is -21.1. The largest absolute Gasteiger partial charge is 0.444 e. The zero-order chi connectivity index (χ0) is 106. The monoisotopic (exact) mass is 2250 g/mol. The van der Waals surface area contributed by atoms with E-state index in [1.165, 1.54) is 4.90 Å². The van der Waals surface area contributed by atoms with Crippen LogP contribution in [0.1, 0.15) is 109 Å². The van der Waals surface area contributed by atoms with Crippen molar-refractivity contribution in [3.63, 3.8) is 0 Å². The average molecular weight is 2260 g/mol. The van der Waals surface area contributed by atoms with Gasteiger partial charge in [-0.2, -0.15) is 21.5 Å². The fraction of sp³-hybridized carbons (Fsp3) is 0.337. The molecule has 50 heteroatoms. The van der Waals surface area contributed by atoms with Crippen LogP contribution in [0.3, 0.4) is 0 Å². The topological polar surface area (TPSA) is 335 Å². The molecule has 10 aromatic carbocycles. The minimum absolute atomic E-state index is 0.0474. The Morgan fingerprint density at radius 1 is 0.257 bits per heavy atom. The van der Waals surface area contributed by atoms with E-state index in [9.17, 15) is 110 Å². The number of amides is 5. The number of benzene rings is 10. The molecule has 0 atom stereocenters. The van der Waals surface area contributed by atoms with Crippen LogP contribution in [-0.2, 0) is 107 Å². The molecule has 10 aromatic rings. The average Bonchev–Trinajstić information content (AvgIpc) is 0.773. The number of nitrogens with zero attached hydrogens (tertiary/aromatic N) is 10. The maximum Gasteiger partial charge on any atom is 0.414 e. The van der Waals surface area contributed by atoms with Crippen LogP contribution < -0.4 is 24.5 Å². The van der Waals surface area contributed by atoms with Gasteiger partial charge in [-0.1, -0.05) is 136 Å². The first kappa shape index (κ1) is 110. The molecular weight excluding hydrogens is 2160 g/mol. The maximum absolute atomic E-state index is 14.1. The molecule has 0 radical (unpaired) electrons. The van der Waals surface area contributed by atoms with Gasteiger partial charge < -0.3 is 23.7 Å². The first-order valence-corrected chi connectivity index (χ1v) is 55.2. The summed E-state index contributed by atoms with van der Waals surface area (Å²) in [6.45, 7) is 7.37. The van der Waals surface area contributed by atoms with E-state index in [0.29, 0.717) is 99.2 Å². The van der Waals surface area contributed by atoms with Crippen LogP contribution >= 0.6 is 58.0 Å². The van der Waals surface area contributed by atoms with Gasteiger partial charge >= 0.3 is 30.5 Å². The summed E-state index contributed by atoms with van der Waals surface area (Å²) < 4.78 is 298. The molecule has 148 heavy (non-hydrogen) atoms. The van der Waals surface area contributed by atoms with Crippen molar-refractivity contribution in [3.8, 4) is 0 Å². The molecule has 5 amide bonds. The summed E-state index contributed by atoms with van der Waals surface area (Å²) in [6.07, 6.45) is 0.978. The summed E-state index contributed by atoms with van der Waals surface area (Å²) in [5, 5.41) is -1.35. The molecule has 5 saturated heterocycles. The van der Waals surface area contributed by atoms with Gasteiger partial charge in [0.25, 0.3) is 0 Å². The van der Waals surface area contributed by atoms with Gasteiger partial charge in [-0.05, 0) is 163 Å². The fourth-order valence-electron chi connectivity index (χ4n) is 19.3. The number of aryl methyl sites for hydroxylation is 3. The van der Waals surface area contributed by atoms with Gasteiger partial charge in [-0.25, -0.2) is 110 Å². The van der Waals surface area contributed by atoms with Crippen molar-refractivity contribution >= 4 is 167 Å². The van der Waals surface area contributed by atoms with E-state index in [1.54, 1.807) is 37.8 Å². The van der Waals surface area contributed by atoms with Crippen LogP contribution in [-0.4, -0.2) is 190 Å². The zero-order valence-electron chi connectivity index (χ0n) is 78.5. The predicted molar refractivity (Wildman–Crippen MR) is 525 cm³/mol. The number of halogens is 15. The summed E-state index contributed by atoms with van der Waals surface area (Å²) in [5.74, 6) is -11.1. The first-order chi connectivity index (χ1) is 70.1. The molecular formula is C98H91Cl5F10N10O20S5. The quantitative estimate of drug-likeness (QED) is 0.0523. The SMILES string of the molecule is Cc1ccc2c(c1)COC(=O)N2C1CCN(S(=O)(=O)c2c(F)cccc2F)CC1.Cc1ccc2c(c1)COC(=O)N2C1CCN(S(=O)(=O)c2cc(Cl)c(F)cc2F)CC1.Cc1cccc2c1N(C1CCN(S(=O)(=O)c3cc(Cl)c(F)cc3F)CC1)C(=O)OC2.O=C1OCc2cc(Cl)ccc2N1C1CCN(S(=O)(=O)c2cc(Cl)c(F)cc2F)CC1.O=C1OCc2ccccc2N1C1CCN(S(=O)(=O)c2cc(Cl)c(F)cc2F)CC1. The Kier molecular flexibility index (Phi) is 33.1. The second-order valence-corrected chi connectivity index (χ2v) is 47.5. The number of carbonyl (C=O) groups is 5. The minimum Gasteiger partial charge on any atom is -0.444 e. The van der Waals surface area contributed by atoms with Crippen molar-refractivity contribution in [2.75, 3.05) is 89.9 Å². The van der Waals surface area contributed by atoms with Gasteiger partial charge in [0.15, 0.2) is 4.90 Å². The Morgan fingerprint density at radius 3 is 0.845 bits per heavy atom. The second-order valence-electron chi connectivity index (χ2n) is 35.9. The van der Waals surface area contributed by atoms with Crippen LogP contribution in [0, 0.1) is 78.9 Å². The normalized spacial score (nSPS) is 18.3. The molecule has 10 aliphatic heterocycles. The smallest absolute Gasteiger partial charge is 0.414 e. The van der Waals surface area contributed by atoms with Crippen LogP contribution in [0.4, 0.5) is 96.3 Å². The molecule has 0 N–H and O–H groups in total. The lowest BCUT2D eigenvalue weighted by Gasteiger charge is -2.40. The van der Waals surface area contributed by atoms with Gasteiger partial charge in [-0.3, -0.25) is 24.5 Å². The van der Waals surface area contributed by atoms with E-state index in [4.69, 9.17) is 81.7 Å². The number of rotatable bonds is 15. The third-order valence-corrected chi connectivity index (χ3v) is 37.7. The molecule has 788 valence electrons. The van der Waals surface area contributed by atoms with Crippen molar-refractivity contribution in [2.45, 2.75) is 173 Å². The highest BCUT2D eigenvalue weighted by Gasteiger charge is 2.47. The molecule has 20 rings (SSSR count). The van der Waals surface area contributed by atoms with Gasteiger partial charge in [0.2, 0.25) is 50.1 Å². The van der Waals surface area contributed by atoms with Crippen LogP contribution in [0.25, 0.3) is 0 Å². The van der Waals surface area contributed by atoms with E-state index in [-0.39, 0.29) is 129 Å². The number of sulfonamides is 5. The zero-order valence-corrected chi connectivity index (χ0v) is 86.4. The highest BCUT2D eigenvalue weighted by molar-refractivity contribution is 7.90. The van der Waals surface area contributed by atoms with Crippen molar-refractivity contribution in [3.05, 3.63) is 292 Å². The third-order valence-electron chi connectivity index (χ3n) is 26.7. The van der Waals surface area contributed by atoms with E-state index < -0.39 is 183 Å². The van der Waals surface area contributed by atoms with Gasteiger partial charge in [0, 0.05) is 153 Å². The molecule has 30 nitrogen and oxygen atoms in total. The lowest BCUT2D eigenvalue weighted by atomic mass is 10.00. The number of fused-ring (bicyclic) bond motifs is 5. The molecule has 10 aliphatic rings. The van der Waals surface area contributed by atoms with Crippen molar-refractivity contribution in [2.24, 2.45) is 0 Å². The predicted octanol–water partition coefficient (Wildman–Crippen LogP) is 20.6. The number of anilines is 5. The number of hydrogen-bond acceptors (Lipinski definition) is 20. The molecule has 0 aromatic heterocycles. The van der Waals surface area contributed by atoms with E-state index >= 15 is 0 Å². The lowest BCUT2D eigenvalue weighted by molar-refractivity contribution is 0.135. The number of cyclic esters (lactones) is 5. The summed E-state index contributed by atoms with van der Waals surface area (Å²) in [4.78, 5) is 66.2. The number of para-hydroxylation sites is 2. The molecule has 5 fully saturated rings. The highest BCUT2D eigenvalue weighted by atomic mass is 35.5. The standard InChI is InChI=1S/2C20H19ClF2N2O4S.C20H20F2N2O4S.C19H16Cl2F2N2O4S.C19H17ClF2N2O4S/c1-12-2-3-18-13(8-12)11-29-20(26)25(18)14-4-6-24(7-5-14)30(27,28)19-9-15(21)16(22)10-17(19)23;1-12-3-2-4-13-11-29-20(26)25(19(12)13)14-5-7-24(8-6-14)30(27,28)18-9-15(21)16(22)10-17(18)23;1-13-5-6-18-14(11-13)12-28-20(25)24(18)15-7-9-23(10-8-15)29(26,27)19-16(21)3-2-4-17(19)22;20-12-1-2-17-11(7-12)10-29-19(26)25(17)13-3-5-24(6-4-13)30(27,28)18-8-14(21)15(22)9-16(18)23;20-14-9-18(16(22)10-15(14)21)29(26,27)23-7-5-13(6-8-23)24-17-4-2-1-3-12(17)11-28-19(24)25/h2-3,8-10,14H,4-7,11H2,1H3;2-4,9-10,14H,5-8,11H2,1H3;2-6,11,15H,7-10,12H2,1H3;1-2,7-9,13H,3-6,10H2;1-4,9-10,13H,5-8,11H2. The highest BCUT2D eigenvalue weighted by Crippen LogP contribution is 2.44. The molecule has 0 saturated carbocycles. The fourth-order valence-corrected chi connectivity index (χ4v) is 28.1. The molecule has 10 heterocycles. The van der Waals surface area contributed by atoms with Crippen LogP contribution in [0.5, 0.6) is 0 Å². The second kappa shape index (κ2) is 44.8. The van der Waals surface area contributed by atoms with Gasteiger partial charge in [-0.15, -0.1) is 0 Å². The number of ether oxygens (including phenoxy) is 5. The Hall–Kier alpha value is -11.2. The molecule has 0 bridgehead atoms. The van der Waals surface area contributed by atoms with Gasteiger partial charge in [0.05, 0.1) is 48.5 Å². The van der Waals surface area contributed by atoms with Crippen molar-refractivity contribution in [1.82, 2.24) is 21.5 Å². The Bertz CT molecular complexity index is 7320. The number of carbonyl (C=O) groups excluding carboxylic acids is 5. The van der Waals surface area contributed by atoms with Crippen LogP contribution in [0.2, 0.25) is 25.1 Å². The summed E-state index contributed by atoms with van der Waals surface area (Å²) in [6, 6.07) is 36.3. The number of piperidine rings is 5. The molecule has 0 unspecified atom stereocenters. The maximum atomic E-state index is 14.1. The van der Waals surface area contributed by atoms with Crippen LogP contribution in [0.15, 0.2) is 188 Å².